The van der Waals surface area contributed by atoms with E-state index in [4.69, 9.17) is 9.97 Å². The van der Waals surface area contributed by atoms with Gasteiger partial charge in [0.05, 0.1) is 22.8 Å². The van der Waals surface area contributed by atoms with Crippen LogP contribution in [0.4, 0.5) is 0 Å². The topological polar surface area (TPSA) is 57.4 Å². The number of unbranched alkanes of at least 4 members (excludes halogenated alkanes) is 2. The SMILES string of the molecule is CCCCc1c(C)c2cc3nc(cc4[nH]c(cc5nc(cc1[nH]2)-c1cc2ccccc2cc1-5)c(CCCC)c4C)-c1cc2ccccc2cc1-3. The van der Waals surface area contributed by atoms with E-state index in [0.717, 1.165) is 83.4 Å². The molecule has 2 aliphatic rings. The minimum atomic E-state index is 0.995. The van der Waals surface area contributed by atoms with Crippen molar-refractivity contribution in [2.24, 2.45) is 0 Å². The second-order valence-corrected chi connectivity index (χ2v) is 14.2. The summed E-state index contributed by atoms with van der Waals surface area (Å²) in [6, 6.07) is 35.7. The third-order valence-corrected chi connectivity index (χ3v) is 10.9. The highest BCUT2D eigenvalue weighted by atomic mass is 14.8. The molecule has 0 amide bonds. The van der Waals surface area contributed by atoms with Gasteiger partial charge in [0, 0.05) is 44.3 Å². The van der Waals surface area contributed by atoms with Gasteiger partial charge in [-0.25, -0.2) is 9.97 Å². The normalized spacial score (nSPS) is 12.1. The largest absolute Gasteiger partial charge is 0.355 e. The molecule has 5 heterocycles. The fourth-order valence-electron chi connectivity index (χ4n) is 8.06. The molecule has 0 fully saturated rings. The zero-order valence-corrected chi connectivity index (χ0v) is 29.4. The van der Waals surface area contributed by atoms with Gasteiger partial charge in [0.15, 0.2) is 0 Å². The molecule has 0 spiro atoms. The Morgan fingerprint density at radius 1 is 0.440 bits per heavy atom. The van der Waals surface area contributed by atoms with E-state index in [9.17, 15) is 0 Å². The van der Waals surface area contributed by atoms with Crippen LogP contribution < -0.4 is 0 Å². The number of hydrogen-bond acceptors (Lipinski definition) is 2. The van der Waals surface area contributed by atoms with E-state index >= 15 is 0 Å². The fourth-order valence-corrected chi connectivity index (χ4v) is 8.06. The summed E-state index contributed by atoms with van der Waals surface area (Å²) in [5, 5.41) is 4.92. The van der Waals surface area contributed by atoms with E-state index in [-0.39, 0.29) is 0 Å². The molecule has 3 aromatic heterocycles. The maximum Gasteiger partial charge on any atom is 0.0737 e. The number of nitrogens with zero attached hydrogens (tertiary/aromatic N) is 2. The molecule has 8 bridgehead atoms. The number of rotatable bonds is 6. The van der Waals surface area contributed by atoms with Crippen LogP contribution in [-0.2, 0) is 12.8 Å². The highest BCUT2D eigenvalue weighted by Gasteiger charge is 2.22. The number of fused-ring (bicyclic) bond motifs is 16. The van der Waals surface area contributed by atoms with Crippen molar-refractivity contribution in [3.8, 4) is 45.0 Å². The Hall–Kier alpha value is -5.48. The summed E-state index contributed by atoms with van der Waals surface area (Å²) >= 11 is 0. The van der Waals surface area contributed by atoms with Crippen LogP contribution in [0.25, 0.3) is 88.6 Å². The lowest BCUT2D eigenvalue weighted by molar-refractivity contribution is 0.797. The van der Waals surface area contributed by atoms with E-state index in [0.29, 0.717) is 0 Å². The number of aromatic nitrogens is 4. The second kappa shape index (κ2) is 12.1. The molecule has 4 heteroatoms. The molecule has 9 rings (SSSR count). The van der Waals surface area contributed by atoms with E-state index < -0.39 is 0 Å². The summed E-state index contributed by atoms with van der Waals surface area (Å²) in [5.74, 6) is 0. The zero-order valence-electron chi connectivity index (χ0n) is 29.4. The smallest absolute Gasteiger partial charge is 0.0737 e. The van der Waals surface area contributed by atoms with Crippen LogP contribution in [0.5, 0.6) is 0 Å². The summed E-state index contributed by atoms with van der Waals surface area (Å²) in [6.45, 7) is 9.06. The van der Waals surface area contributed by atoms with Crippen molar-refractivity contribution >= 4 is 43.6 Å². The van der Waals surface area contributed by atoms with Gasteiger partial charge in [-0.1, -0.05) is 75.2 Å². The first-order valence-electron chi connectivity index (χ1n) is 18.3. The highest BCUT2D eigenvalue weighted by molar-refractivity contribution is 6.00. The predicted octanol–water partition coefficient (Wildman–Crippen LogP) is 12.6. The second-order valence-electron chi connectivity index (χ2n) is 14.2. The third kappa shape index (κ3) is 5.05. The molecular weight excluding hydrogens is 609 g/mol. The average molecular weight is 651 g/mol. The van der Waals surface area contributed by atoms with Crippen LogP contribution in [0, 0.1) is 13.8 Å². The average Bonchev–Trinajstić information content (AvgIpc) is 3.82. The molecule has 0 saturated heterocycles. The maximum atomic E-state index is 5.41. The number of aryl methyl sites for hydroxylation is 4. The molecule has 0 aliphatic carbocycles. The lowest BCUT2D eigenvalue weighted by Gasteiger charge is -2.04. The number of benzene rings is 4. The Morgan fingerprint density at radius 3 is 1.08 bits per heavy atom. The van der Waals surface area contributed by atoms with E-state index in [1.54, 1.807) is 0 Å². The highest BCUT2D eigenvalue weighted by Crippen LogP contribution is 2.42. The van der Waals surface area contributed by atoms with Crippen molar-refractivity contribution in [1.82, 2.24) is 19.9 Å². The zero-order chi connectivity index (χ0) is 33.9. The van der Waals surface area contributed by atoms with Crippen LogP contribution in [0.15, 0.2) is 97.1 Å². The lowest BCUT2D eigenvalue weighted by atomic mass is 9.97. The summed E-state index contributed by atoms with van der Waals surface area (Å²) in [4.78, 5) is 18.5. The quantitative estimate of drug-likeness (QED) is 0.188. The Morgan fingerprint density at radius 2 is 0.760 bits per heavy atom. The molecule has 0 radical (unpaired) electrons. The fraction of sp³-hybridized carbons (Fsp3) is 0.217. The Balaban J connectivity index is 1.43. The Labute approximate surface area is 293 Å². The summed E-state index contributed by atoms with van der Waals surface area (Å²) in [6.07, 6.45) is 6.59. The molecule has 4 aromatic carbocycles. The van der Waals surface area contributed by atoms with Gasteiger partial charge in [0.25, 0.3) is 0 Å². The molecule has 7 aromatic rings. The van der Waals surface area contributed by atoms with Gasteiger partial charge in [0.1, 0.15) is 0 Å². The van der Waals surface area contributed by atoms with Crippen molar-refractivity contribution in [3.05, 3.63) is 119 Å². The molecule has 4 nitrogen and oxygen atoms in total. The van der Waals surface area contributed by atoms with Crippen molar-refractivity contribution in [3.63, 3.8) is 0 Å². The van der Waals surface area contributed by atoms with E-state index in [1.165, 1.54) is 66.1 Å². The van der Waals surface area contributed by atoms with Gasteiger partial charge in [-0.3, -0.25) is 0 Å². The number of hydrogen-bond donors (Lipinski definition) is 2. The summed E-state index contributed by atoms with van der Waals surface area (Å²) < 4.78 is 0. The first kappa shape index (κ1) is 30.6. The van der Waals surface area contributed by atoms with Crippen LogP contribution in [0.2, 0.25) is 0 Å². The summed E-state index contributed by atoms with van der Waals surface area (Å²) in [5.41, 5.74) is 18.5. The van der Waals surface area contributed by atoms with Crippen LogP contribution in [0.1, 0.15) is 61.8 Å². The van der Waals surface area contributed by atoms with Crippen LogP contribution in [0.3, 0.4) is 0 Å². The van der Waals surface area contributed by atoms with Crippen molar-refractivity contribution in [2.45, 2.75) is 66.2 Å². The Kier molecular flexibility index (Phi) is 7.42. The molecular formula is C46H42N4. The molecule has 50 heavy (non-hydrogen) atoms. The maximum absolute atomic E-state index is 5.41. The van der Waals surface area contributed by atoms with Crippen LogP contribution >= 0.6 is 0 Å². The molecule has 246 valence electrons. The predicted molar refractivity (Wildman–Crippen MR) is 212 cm³/mol. The molecule has 0 saturated carbocycles. The first-order chi connectivity index (χ1) is 24.5. The molecule has 0 atom stereocenters. The van der Waals surface area contributed by atoms with E-state index in [1.807, 2.05) is 0 Å². The third-order valence-electron chi connectivity index (χ3n) is 10.9. The van der Waals surface area contributed by atoms with Gasteiger partial charge < -0.3 is 9.97 Å². The minimum absolute atomic E-state index is 0.995. The van der Waals surface area contributed by atoms with Gasteiger partial charge in [0.2, 0.25) is 0 Å². The number of nitrogens with one attached hydrogen (secondary N) is 2. The van der Waals surface area contributed by atoms with Crippen LogP contribution in [-0.4, -0.2) is 19.9 Å². The number of H-pyrrole nitrogens is 2. The summed E-state index contributed by atoms with van der Waals surface area (Å²) in [7, 11) is 0. The van der Waals surface area contributed by atoms with Crippen molar-refractivity contribution < 1.29 is 0 Å². The first-order valence-corrected chi connectivity index (χ1v) is 18.3. The van der Waals surface area contributed by atoms with Gasteiger partial charge in [-0.15, -0.1) is 0 Å². The van der Waals surface area contributed by atoms with E-state index in [2.05, 4.69) is 135 Å². The van der Waals surface area contributed by atoms with Crippen molar-refractivity contribution in [2.75, 3.05) is 0 Å². The molecule has 2 aliphatic heterocycles. The molecule has 0 unspecified atom stereocenters. The number of aromatic amines is 2. The van der Waals surface area contributed by atoms with Gasteiger partial charge in [-0.2, -0.15) is 0 Å². The monoisotopic (exact) mass is 650 g/mol. The minimum Gasteiger partial charge on any atom is -0.355 e. The lowest BCUT2D eigenvalue weighted by Crippen LogP contribution is -1.86. The van der Waals surface area contributed by atoms with Crippen molar-refractivity contribution in [1.29, 1.82) is 0 Å². The standard InChI is InChI=1S/C46H42N4/c1-5-7-17-33-27(3)39-23-43-35-19-29-13-9-10-14-30(29)20-36(35)44(49-43)24-40-28(4)34(18-8-6-2)42(48-40)26-46-38-22-32-16-12-11-15-31(32)21-37(38)45(50-46)25-41(33)47-39/h9-16,19-26,47-48H,5-8,17-18H2,1-4H3. The van der Waals surface area contributed by atoms with Gasteiger partial charge in [-0.05, 0) is 132 Å². The molecule has 2 N–H and O–H groups in total. The van der Waals surface area contributed by atoms with Gasteiger partial charge >= 0.3 is 0 Å². The Bertz CT molecular complexity index is 2470.